The van der Waals surface area contributed by atoms with Crippen molar-refractivity contribution in [3.63, 3.8) is 0 Å². The summed E-state index contributed by atoms with van der Waals surface area (Å²) in [5.41, 5.74) is 10.1. The maximum atomic E-state index is 11.5. The minimum Gasteiger partial charge on any atom is -0.366 e. The van der Waals surface area contributed by atoms with E-state index in [0.29, 0.717) is 5.96 Å². The Morgan fingerprint density at radius 3 is 2.92 bits per heavy atom. The number of hydrogen-bond acceptors (Lipinski definition) is 4. The molecule has 2 amide bonds. The number of carbonyl (C=O) groups is 1. The van der Waals surface area contributed by atoms with E-state index in [4.69, 9.17) is 5.73 Å². The topological polar surface area (TPSA) is 90.6 Å². The highest BCUT2D eigenvalue weighted by Crippen LogP contribution is 2.16. The third kappa shape index (κ3) is 1.00. The van der Waals surface area contributed by atoms with Gasteiger partial charge in [-0.25, -0.2) is 20.6 Å². The van der Waals surface area contributed by atoms with Gasteiger partial charge in [-0.15, -0.1) is 0 Å². The van der Waals surface area contributed by atoms with Crippen molar-refractivity contribution in [1.29, 1.82) is 0 Å². The molecule has 0 aromatic carbocycles. The Morgan fingerprint density at radius 1 is 1.54 bits per heavy atom. The molecule has 2 aliphatic rings. The van der Waals surface area contributed by atoms with E-state index < -0.39 is 0 Å². The predicted octanol–water partition coefficient (Wildman–Crippen LogP) is -2.97. The Labute approximate surface area is 75.5 Å². The molecule has 2 rings (SSSR count). The number of hydrogen-bond donors (Lipinski definition) is 3. The van der Waals surface area contributed by atoms with Crippen molar-refractivity contribution in [2.75, 3.05) is 14.1 Å². The van der Waals surface area contributed by atoms with Crippen LogP contribution in [0.2, 0.25) is 0 Å². The molecule has 2 aliphatic heterocycles. The monoisotopic (exact) mass is 185 g/mol. The van der Waals surface area contributed by atoms with Gasteiger partial charge in [-0.2, -0.15) is 0 Å². The lowest BCUT2D eigenvalue weighted by Gasteiger charge is -2.24. The summed E-state index contributed by atoms with van der Waals surface area (Å²) in [7, 11) is 3.47. The van der Waals surface area contributed by atoms with E-state index in [-0.39, 0.29) is 18.4 Å². The van der Waals surface area contributed by atoms with E-state index in [1.165, 1.54) is 0 Å². The second kappa shape index (κ2) is 2.49. The summed E-state index contributed by atoms with van der Waals surface area (Å²) in [5, 5.41) is 0. The highest BCUT2D eigenvalue weighted by molar-refractivity contribution is 5.80. The van der Waals surface area contributed by atoms with Crippen LogP contribution >= 0.6 is 0 Å². The van der Waals surface area contributed by atoms with Crippen LogP contribution < -0.4 is 16.6 Å². The highest BCUT2D eigenvalue weighted by Gasteiger charge is 2.47. The number of guanidine groups is 1. The van der Waals surface area contributed by atoms with Crippen molar-refractivity contribution < 1.29 is 10.2 Å². The van der Waals surface area contributed by atoms with Gasteiger partial charge in [0.2, 0.25) is 18.3 Å². The quantitative estimate of drug-likeness (QED) is 0.352. The first-order chi connectivity index (χ1) is 6.11. The molecule has 2 atom stereocenters. The largest absolute Gasteiger partial charge is 0.366 e. The SMILES string of the molecule is CN1C(=O)N(C)C2[NH2+]NC(N)=NC21. The number of carbonyl (C=O) groups excluding carboxylic acids is 1. The Balaban J connectivity index is 2.30. The normalized spacial score (nSPS) is 32.8. The van der Waals surface area contributed by atoms with E-state index in [1.54, 1.807) is 29.3 Å². The average molecular weight is 185 g/mol. The lowest BCUT2D eigenvalue weighted by molar-refractivity contribution is -0.746. The molecule has 0 saturated carbocycles. The van der Waals surface area contributed by atoms with Crippen LogP contribution in [0.15, 0.2) is 4.99 Å². The number of urea groups is 1. The molecule has 13 heavy (non-hydrogen) atoms. The molecule has 1 saturated heterocycles. The maximum Gasteiger partial charge on any atom is 0.326 e. The number of nitrogens with zero attached hydrogens (tertiary/aromatic N) is 3. The van der Waals surface area contributed by atoms with E-state index in [0.717, 1.165) is 0 Å². The first kappa shape index (κ1) is 8.11. The summed E-state index contributed by atoms with van der Waals surface area (Å²) in [4.78, 5) is 18.8. The fourth-order valence-electron chi connectivity index (χ4n) is 1.63. The summed E-state index contributed by atoms with van der Waals surface area (Å²) in [6, 6.07) is -0.0356. The molecule has 5 N–H and O–H groups in total. The van der Waals surface area contributed by atoms with Crippen LogP contribution in [0.3, 0.4) is 0 Å². The number of fused-ring (bicyclic) bond motifs is 1. The van der Waals surface area contributed by atoms with E-state index in [1.807, 2.05) is 0 Å². The van der Waals surface area contributed by atoms with Gasteiger partial charge in [-0.05, 0) is 0 Å². The summed E-state index contributed by atoms with van der Waals surface area (Å²) < 4.78 is 0. The molecule has 0 bridgehead atoms. The van der Waals surface area contributed by atoms with E-state index in [2.05, 4.69) is 10.4 Å². The summed E-state index contributed by atoms with van der Waals surface area (Å²) in [6.07, 6.45) is -0.205. The predicted molar refractivity (Wildman–Crippen MR) is 45.2 cm³/mol. The molecule has 0 aromatic rings. The van der Waals surface area contributed by atoms with E-state index >= 15 is 0 Å². The zero-order chi connectivity index (χ0) is 9.59. The van der Waals surface area contributed by atoms with Crippen LogP contribution in [-0.2, 0) is 0 Å². The second-order valence-corrected chi connectivity index (χ2v) is 3.23. The first-order valence-electron chi connectivity index (χ1n) is 4.04. The van der Waals surface area contributed by atoms with E-state index in [9.17, 15) is 4.79 Å². The van der Waals surface area contributed by atoms with Crippen LogP contribution in [0.4, 0.5) is 4.79 Å². The van der Waals surface area contributed by atoms with Gasteiger partial charge in [0.25, 0.3) is 0 Å². The van der Waals surface area contributed by atoms with Crippen molar-refractivity contribution in [2.24, 2.45) is 10.7 Å². The van der Waals surface area contributed by atoms with Crippen molar-refractivity contribution in [3.8, 4) is 0 Å². The Bertz CT molecular complexity index is 276. The molecule has 0 spiro atoms. The van der Waals surface area contributed by atoms with Gasteiger partial charge in [-0.1, -0.05) is 0 Å². The highest BCUT2D eigenvalue weighted by atomic mass is 16.2. The fraction of sp³-hybridized carbons (Fsp3) is 0.667. The minimum atomic E-state index is -0.182. The fourth-order valence-corrected chi connectivity index (χ4v) is 1.63. The summed E-state index contributed by atoms with van der Waals surface area (Å²) >= 11 is 0. The molecule has 2 unspecified atom stereocenters. The van der Waals surface area contributed by atoms with Gasteiger partial charge in [0.15, 0.2) is 0 Å². The number of aliphatic imine (C=N–C) groups is 1. The number of likely N-dealkylation sites (N-methyl/N-ethyl adjacent to an activating group) is 2. The number of rotatable bonds is 0. The molecule has 0 radical (unpaired) electrons. The maximum absolute atomic E-state index is 11.5. The molecular formula is C6H13N6O+. The van der Waals surface area contributed by atoms with Crippen molar-refractivity contribution >= 4 is 12.0 Å². The minimum absolute atomic E-state index is 0.0233. The Kier molecular flexibility index (Phi) is 1.56. The number of nitrogens with one attached hydrogen (secondary N) is 1. The van der Waals surface area contributed by atoms with Crippen LogP contribution in [0, 0.1) is 0 Å². The van der Waals surface area contributed by atoms with Gasteiger partial charge in [0.05, 0.1) is 0 Å². The molecule has 0 aromatic heterocycles. The Morgan fingerprint density at radius 2 is 2.23 bits per heavy atom. The summed E-state index contributed by atoms with van der Waals surface area (Å²) in [5.74, 6) is 0.358. The molecule has 2 heterocycles. The Hall–Kier alpha value is -1.50. The molecule has 7 heteroatoms. The standard InChI is InChI=1S/C6H12N6O/c1-11-3-4(12(2)6(11)13)9-10-5(7)8-3/h3-4,9H,1-2H3,(H3,7,8,10)/p+1. The number of quaternary nitrogens is 1. The smallest absolute Gasteiger partial charge is 0.326 e. The third-order valence-corrected chi connectivity index (χ3v) is 2.43. The van der Waals surface area contributed by atoms with Gasteiger partial charge in [0, 0.05) is 14.1 Å². The van der Waals surface area contributed by atoms with Gasteiger partial charge < -0.3 is 5.73 Å². The zero-order valence-electron chi connectivity index (χ0n) is 7.56. The first-order valence-corrected chi connectivity index (χ1v) is 4.04. The van der Waals surface area contributed by atoms with Crippen LogP contribution in [0.25, 0.3) is 0 Å². The molecule has 1 fully saturated rings. The molecule has 0 aliphatic carbocycles. The lowest BCUT2D eigenvalue weighted by atomic mass is 10.4. The number of nitrogens with two attached hydrogens (primary N) is 2. The average Bonchev–Trinajstić information content (AvgIpc) is 2.32. The van der Waals surface area contributed by atoms with Crippen LogP contribution in [-0.4, -0.2) is 48.2 Å². The van der Waals surface area contributed by atoms with Gasteiger partial charge in [-0.3, -0.25) is 9.80 Å². The van der Waals surface area contributed by atoms with Crippen LogP contribution in [0.5, 0.6) is 0 Å². The third-order valence-electron chi connectivity index (χ3n) is 2.43. The van der Waals surface area contributed by atoms with Gasteiger partial charge >= 0.3 is 6.03 Å². The van der Waals surface area contributed by atoms with Crippen molar-refractivity contribution in [3.05, 3.63) is 0 Å². The summed E-state index contributed by atoms with van der Waals surface area (Å²) in [6.45, 7) is 0. The van der Waals surface area contributed by atoms with Crippen LogP contribution in [0.1, 0.15) is 0 Å². The molecule has 7 nitrogen and oxygen atoms in total. The molecular weight excluding hydrogens is 172 g/mol. The second-order valence-electron chi connectivity index (χ2n) is 3.23. The lowest BCUT2D eigenvalue weighted by Crippen LogP contribution is -3.04. The van der Waals surface area contributed by atoms with Crippen molar-refractivity contribution in [1.82, 2.24) is 15.2 Å². The van der Waals surface area contributed by atoms with Crippen molar-refractivity contribution in [2.45, 2.75) is 12.3 Å². The number of amides is 2. The van der Waals surface area contributed by atoms with Gasteiger partial charge in [0.1, 0.15) is 0 Å². The zero-order valence-corrected chi connectivity index (χ0v) is 7.56. The molecule has 72 valence electrons.